The third-order valence-corrected chi connectivity index (χ3v) is 3.40. The highest BCUT2D eigenvalue weighted by atomic mass is 79.9. The lowest BCUT2D eigenvalue weighted by Gasteiger charge is -2.13. The number of Topliss-reactive ketones (excluding diaryl/α,β-unsaturated/α-hetero) is 1. The van der Waals surface area contributed by atoms with Gasteiger partial charge in [0.1, 0.15) is 5.75 Å². The van der Waals surface area contributed by atoms with E-state index in [1.807, 2.05) is 6.07 Å². The average Bonchev–Trinajstić information content (AvgIpc) is 2.29. The van der Waals surface area contributed by atoms with E-state index in [9.17, 15) is 9.90 Å². The largest absolute Gasteiger partial charge is 0.507 e. The number of rotatable bonds is 6. The lowest BCUT2D eigenvalue weighted by Crippen LogP contribution is -2.01. The van der Waals surface area contributed by atoms with Crippen LogP contribution in [0.2, 0.25) is 0 Å². The zero-order valence-electron chi connectivity index (χ0n) is 10.4. The Morgan fingerprint density at radius 1 is 1.35 bits per heavy atom. The van der Waals surface area contributed by atoms with Crippen LogP contribution in [0.4, 0.5) is 0 Å². The van der Waals surface area contributed by atoms with E-state index in [0.717, 1.165) is 42.1 Å². The molecule has 0 heterocycles. The molecule has 1 N–H and O–H groups in total. The molecule has 0 aliphatic heterocycles. The first kappa shape index (κ1) is 14.2. The Labute approximate surface area is 111 Å². The standard InChI is InChI=1S/C14H19BrO2/c1-3-5-13-11(6-4-9-15)7-8-12(10(2)16)14(13)17/h7-8,17H,3-6,9H2,1-2H3. The van der Waals surface area contributed by atoms with Gasteiger partial charge in [-0.1, -0.05) is 35.3 Å². The van der Waals surface area contributed by atoms with Crippen molar-refractivity contribution in [2.24, 2.45) is 0 Å². The quantitative estimate of drug-likeness (QED) is 0.639. The number of benzene rings is 1. The monoisotopic (exact) mass is 298 g/mol. The number of hydrogen-bond acceptors (Lipinski definition) is 2. The number of aromatic hydroxyl groups is 1. The Morgan fingerprint density at radius 3 is 2.59 bits per heavy atom. The molecule has 1 rings (SSSR count). The van der Waals surface area contributed by atoms with E-state index in [0.29, 0.717) is 5.56 Å². The number of hydrogen-bond donors (Lipinski definition) is 1. The van der Waals surface area contributed by atoms with Gasteiger partial charge in [0.15, 0.2) is 5.78 Å². The number of phenols is 1. The van der Waals surface area contributed by atoms with Crippen LogP contribution < -0.4 is 0 Å². The van der Waals surface area contributed by atoms with Gasteiger partial charge in [-0.15, -0.1) is 0 Å². The summed E-state index contributed by atoms with van der Waals surface area (Å²) in [5.74, 6) is 0.110. The zero-order valence-corrected chi connectivity index (χ0v) is 12.0. The van der Waals surface area contributed by atoms with Crippen LogP contribution in [-0.2, 0) is 12.8 Å². The van der Waals surface area contributed by atoms with E-state index >= 15 is 0 Å². The Hall–Kier alpha value is -0.830. The van der Waals surface area contributed by atoms with Gasteiger partial charge < -0.3 is 5.11 Å². The second-order valence-electron chi connectivity index (χ2n) is 4.20. The van der Waals surface area contributed by atoms with E-state index in [4.69, 9.17) is 0 Å². The zero-order chi connectivity index (χ0) is 12.8. The van der Waals surface area contributed by atoms with Gasteiger partial charge >= 0.3 is 0 Å². The van der Waals surface area contributed by atoms with Crippen LogP contribution in [0.15, 0.2) is 12.1 Å². The molecule has 0 bridgehead atoms. The highest BCUT2D eigenvalue weighted by Crippen LogP contribution is 2.28. The molecule has 3 heteroatoms. The van der Waals surface area contributed by atoms with Crippen molar-refractivity contribution in [1.29, 1.82) is 0 Å². The molecule has 0 radical (unpaired) electrons. The number of carbonyl (C=O) groups is 1. The Balaban J connectivity index is 3.14. The predicted octanol–water partition coefficient (Wildman–Crippen LogP) is 3.87. The molecule has 0 aliphatic carbocycles. The second kappa shape index (κ2) is 6.80. The van der Waals surface area contributed by atoms with Crippen molar-refractivity contribution in [3.63, 3.8) is 0 Å². The average molecular weight is 299 g/mol. The maximum absolute atomic E-state index is 11.4. The number of alkyl halides is 1. The molecule has 0 unspecified atom stereocenters. The minimum atomic E-state index is -0.0769. The minimum absolute atomic E-state index is 0.0769. The molecule has 94 valence electrons. The molecule has 0 spiro atoms. The lowest BCUT2D eigenvalue weighted by molar-refractivity contribution is 0.101. The third-order valence-electron chi connectivity index (χ3n) is 2.84. The van der Waals surface area contributed by atoms with Crippen molar-refractivity contribution in [3.05, 3.63) is 28.8 Å². The summed E-state index contributed by atoms with van der Waals surface area (Å²) in [6.07, 6.45) is 3.77. The molecule has 0 saturated carbocycles. The van der Waals surface area contributed by atoms with Gasteiger partial charge in [-0.05, 0) is 43.4 Å². The molecule has 0 fully saturated rings. The van der Waals surface area contributed by atoms with Gasteiger partial charge in [0.2, 0.25) is 0 Å². The number of ketones is 1. The summed E-state index contributed by atoms with van der Waals surface area (Å²) in [6.45, 7) is 3.57. The molecule has 0 amide bonds. The molecular weight excluding hydrogens is 280 g/mol. The van der Waals surface area contributed by atoms with Gasteiger partial charge in [0, 0.05) is 5.33 Å². The second-order valence-corrected chi connectivity index (χ2v) is 4.99. The number of phenolic OH excluding ortho intramolecular Hbond substituents is 1. The molecule has 0 saturated heterocycles. The molecule has 0 atom stereocenters. The number of aryl methyl sites for hydroxylation is 1. The summed E-state index contributed by atoms with van der Waals surface area (Å²) in [7, 11) is 0. The Bertz CT molecular complexity index is 399. The fraction of sp³-hybridized carbons (Fsp3) is 0.500. The van der Waals surface area contributed by atoms with Gasteiger partial charge in [-0.25, -0.2) is 0 Å². The summed E-state index contributed by atoms with van der Waals surface area (Å²) >= 11 is 3.41. The van der Waals surface area contributed by atoms with Crippen LogP contribution in [0.1, 0.15) is 48.2 Å². The SMILES string of the molecule is CCCc1c(CCCBr)ccc(C(C)=O)c1O. The maximum atomic E-state index is 11.4. The number of carbonyl (C=O) groups excluding carboxylic acids is 1. The third kappa shape index (κ3) is 3.56. The van der Waals surface area contributed by atoms with E-state index in [2.05, 4.69) is 22.9 Å². The van der Waals surface area contributed by atoms with Crippen LogP contribution in [0.3, 0.4) is 0 Å². The van der Waals surface area contributed by atoms with Crippen molar-refractivity contribution in [3.8, 4) is 5.75 Å². The van der Waals surface area contributed by atoms with Crippen molar-refractivity contribution in [1.82, 2.24) is 0 Å². The first-order chi connectivity index (χ1) is 8.11. The fourth-order valence-electron chi connectivity index (χ4n) is 1.98. The van der Waals surface area contributed by atoms with E-state index < -0.39 is 0 Å². The lowest BCUT2D eigenvalue weighted by atomic mass is 9.94. The highest BCUT2D eigenvalue weighted by Gasteiger charge is 2.14. The van der Waals surface area contributed by atoms with Crippen LogP contribution in [-0.4, -0.2) is 16.2 Å². The molecule has 0 aliphatic rings. The molecule has 1 aromatic carbocycles. The molecule has 2 nitrogen and oxygen atoms in total. The van der Waals surface area contributed by atoms with Crippen molar-refractivity contribution >= 4 is 21.7 Å². The fourth-order valence-corrected chi connectivity index (χ4v) is 2.26. The predicted molar refractivity (Wildman–Crippen MR) is 74.2 cm³/mol. The first-order valence-electron chi connectivity index (χ1n) is 6.02. The Morgan fingerprint density at radius 2 is 2.06 bits per heavy atom. The Kier molecular flexibility index (Phi) is 5.69. The van der Waals surface area contributed by atoms with E-state index in [-0.39, 0.29) is 11.5 Å². The first-order valence-corrected chi connectivity index (χ1v) is 7.14. The molecular formula is C14H19BrO2. The minimum Gasteiger partial charge on any atom is -0.507 e. The van der Waals surface area contributed by atoms with Crippen molar-refractivity contribution in [2.45, 2.75) is 39.5 Å². The molecule has 17 heavy (non-hydrogen) atoms. The molecule has 0 aromatic heterocycles. The topological polar surface area (TPSA) is 37.3 Å². The van der Waals surface area contributed by atoms with E-state index in [1.54, 1.807) is 6.07 Å². The summed E-state index contributed by atoms with van der Waals surface area (Å²) in [4.78, 5) is 11.4. The van der Waals surface area contributed by atoms with Gasteiger partial charge in [0.05, 0.1) is 5.56 Å². The van der Waals surface area contributed by atoms with Crippen LogP contribution in [0, 0.1) is 0 Å². The smallest absolute Gasteiger partial charge is 0.163 e. The number of halogens is 1. The van der Waals surface area contributed by atoms with Crippen molar-refractivity contribution in [2.75, 3.05) is 5.33 Å². The van der Waals surface area contributed by atoms with Gasteiger partial charge in [-0.3, -0.25) is 4.79 Å². The summed E-state index contributed by atoms with van der Waals surface area (Å²) < 4.78 is 0. The van der Waals surface area contributed by atoms with Crippen LogP contribution in [0.25, 0.3) is 0 Å². The van der Waals surface area contributed by atoms with Crippen molar-refractivity contribution < 1.29 is 9.90 Å². The highest BCUT2D eigenvalue weighted by molar-refractivity contribution is 9.09. The normalized spacial score (nSPS) is 10.5. The maximum Gasteiger partial charge on any atom is 0.163 e. The summed E-state index contributed by atoms with van der Waals surface area (Å²) in [5, 5.41) is 11.1. The van der Waals surface area contributed by atoms with Crippen LogP contribution in [0.5, 0.6) is 5.75 Å². The van der Waals surface area contributed by atoms with Gasteiger partial charge in [-0.2, -0.15) is 0 Å². The van der Waals surface area contributed by atoms with Crippen LogP contribution >= 0.6 is 15.9 Å². The van der Waals surface area contributed by atoms with Gasteiger partial charge in [0.25, 0.3) is 0 Å². The summed E-state index contributed by atoms with van der Waals surface area (Å²) in [5.41, 5.74) is 2.55. The summed E-state index contributed by atoms with van der Waals surface area (Å²) in [6, 6.07) is 3.71. The van der Waals surface area contributed by atoms with E-state index in [1.165, 1.54) is 6.92 Å². The molecule has 1 aromatic rings.